The number of β-amino-alcohol motifs (C(OH)–C–C–N with tert-alkyl or cyclic N) is 2. The Bertz CT molecular complexity index is 623. The van der Waals surface area contributed by atoms with Crippen LogP contribution in [-0.4, -0.2) is 51.5 Å². The third-order valence-electron chi connectivity index (χ3n) is 3.55. The predicted molar refractivity (Wildman–Crippen MR) is 68.9 cm³/mol. The minimum Gasteiger partial charge on any atom is -0.408 e. The Balaban J connectivity index is 1.76. The molecule has 0 radical (unpaired) electrons. The molecule has 19 heavy (non-hydrogen) atoms. The lowest BCUT2D eigenvalue weighted by Crippen LogP contribution is -2.29. The molecule has 2 heterocycles. The maximum absolute atomic E-state index is 11.8. The molecule has 6 heteroatoms. The number of oxazole rings is 1. The Morgan fingerprint density at radius 1 is 1.16 bits per heavy atom. The molecule has 0 unspecified atom stereocenters. The number of benzene rings is 1. The summed E-state index contributed by atoms with van der Waals surface area (Å²) in [5, 5.41) is 18.9. The standard InChI is InChI=1S/C13H16N2O4/c16-10-7-14(8-11(10)17)5-6-15-9-3-1-2-4-12(9)19-13(15)18/h1-4,10-11,16-17H,5-8H2/t10-,11+. The van der Waals surface area contributed by atoms with Crippen LogP contribution in [0, 0.1) is 0 Å². The molecule has 2 N–H and O–H groups in total. The fourth-order valence-corrected chi connectivity index (χ4v) is 2.50. The molecule has 1 aromatic carbocycles. The highest BCUT2D eigenvalue weighted by molar-refractivity contribution is 5.72. The quantitative estimate of drug-likeness (QED) is 0.791. The van der Waals surface area contributed by atoms with Gasteiger partial charge in [0.1, 0.15) is 0 Å². The molecule has 6 nitrogen and oxygen atoms in total. The maximum atomic E-state index is 11.8. The van der Waals surface area contributed by atoms with Gasteiger partial charge >= 0.3 is 5.76 Å². The van der Waals surface area contributed by atoms with Gasteiger partial charge < -0.3 is 14.6 Å². The largest absolute Gasteiger partial charge is 0.419 e. The SMILES string of the molecule is O=c1oc2ccccc2n1CCN1C[C@@H](O)[C@@H](O)C1. The van der Waals surface area contributed by atoms with E-state index in [0.29, 0.717) is 31.8 Å². The van der Waals surface area contributed by atoms with E-state index in [1.165, 1.54) is 0 Å². The van der Waals surface area contributed by atoms with Crippen molar-refractivity contribution in [1.29, 1.82) is 0 Å². The molecule has 1 aliphatic rings. The van der Waals surface area contributed by atoms with Crippen molar-refractivity contribution in [1.82, 2.24) is 9.47 Å². The zero-order valence-electron chi connectivity index (χ0n) is 10.4. The van der Waals surface area contributed by atoms with Gasteiger partial charge in [0.25, 0.3) is 0 Å². The molecule has 0 saturated carbocycles. The van der Waals surface area contributed by atoms with Crippen molar-refractivity contribution in [2.45, 2.75) is 18.8 Å². The Morgan fingerprint density at radius 2 is 1.84 bits per heavy atom. The van der Waals surface area contributed by atoms with Gasteiger partial charge in [-0.2, -0.15) is 0 Å². The monoisotopic (exact) mass is 264 g/mol. The van der Waals surface area contributed by atoms with Crippen molar-refractivity contribution in [3.05, 3.63) is 34.8 Å². The fraction of sp³-hybridized carbons (Fsp3) is 0.462. The van der Waals surface area contributed by atoms with Gasteiger partial charge in [-0.25, -0.2) is 4.79 Å². The molecular formula is C13H16N2O4. The molecule has 0 bridgehead atoms. The van der Waals surface area contributed by atoms with Crippen LogP contribution in [0.15, 0.2) is 33.5 Å². The molecule has 2 atom stereocenters. The first-order chi connectivity index (χ1) is 9.15. The number of aromatic nitrogens is 1. The van der Waals surface area contributed by atoms with Crippen molar-refractivity contribution in [3.63, 3.8) is 0 Å². The maximum Gasteiger partial charge on any atom is 0.419 e. The summed E-state index contributed by atoms with van der Waals surface area (Å²) in [6.07, 6.45) is -1.39. The second kappa shape index (κ2) is 4.80. The summed E-state index contributed by atoms with van der Waals surface area (Å²) in [6.45, 7) is 1.95. The van der Waals surface area contributed by atoms with Crippen LogP contribution in [0.4, 0.5) is 0 Å². The highest BCUT2D eigenvalue weighted by Gasteiger charge is 2.29. The number of para-hydroxylation sites is 2. The molecule has 0 aliphatic carbocycles. The van der Waals surface area contributed by atoms with E-state index in [2.05, 4.69) is 0 Å². The van der Waals surface area contributed by atoms with Gasteiger partial charge in [0.2, 0.25) is 0 Å². The van der Waals surface area contributed by atoms with Gasteiger partial charge in [-0.15, -0.1) is 0 Å². The van der Waals surface area contributed by atoms with E-state index >= 15 is 0 Å². The summed E-state index contributed by atoms with van der Waals surface area (Å²) in [7, 11) is 0. The van der Waals surface area contributed by atoms with Gasteiger partial charge in [0.05, 0.1) is 17.7 Å². The fourth-order valence-electron chi connectivity index (χ4n) is 2.50. The number of aliphatic hydroxyl groups excluding tert-OH is 2. The molecule has 0 spiro atoms. The first kappa shape index (κ1) is 12.4. The molecule has 0 amide bonds. The number of rotatable bonds is 3. The lowest BCUT2D eigenvalue weighted by atomic mass is 10.3. The second-order valence-corrected chi connectivity index (χ2v) is 4.88. The van der Waals surface area contributed by atoms with Gasteiger partial charge in [-0.05, 0) is 12.1 Å². The van der Waals surface area contributed by atoms with Crippen LogP contribution in [0.5, 0.6) is 0 Å². The number of hydrogen-bond donors (Lipinski definition) is 2. The molecule has 1 fully saturated rings. The number of nitrogens with zero attached hydrogens (tertiary/aromatic N) is 2. The van der Waals surface area contributed by atoms with E-state index in [4.69, 9.17) is 4.42 Å². The summed E-state index contributed by atoms with van der Waals surface area (Å²) in [5.74, 6) is -0.374. The van der Waals surface area contributed by atoms with Crippen LogP contribution < -0.4 is 5.76 Å². The van der Waals surface area contributed by atoms with Crippen molar-refractivity contribution in [2.24, 2.45) is 0 Å². The topological polar surface area (TPSA) is 78.8 Å². The summed E-state index contributed by atoms with van der Waals surface area (Å²) < 4.78 is 6.72. The number of likely N-dealkylation sites (tertiary alicyclic amines) is 1. The van der Waals surface area contributed by atoms with E-state index in [-0.39, 0.29) is 5.76 Å². The highest BCUT2D eigenvalue weighted by Crippen LogP contribution is 2.13. The summed E-state index contributed by atoms with van der Waals surface area (Å²) in [6, 6.07) is 7.28. The minimum absolute atomic E-state index is 0.374. The van der Waals surface area contributed by atoms with Gasteiger partial charge in [0.15, 0.2) is 5.58 Å². The minimum atomic E-state index is -0.696. The van der Waals surface area contributed by atoms with Crippen LogP contribution in [0.2, 0.25) is 0 Å². The Labute approximate surface area is 109 Å². The zero-order chi connectivity index (χ0) is 13.4. The molecule has 1 aromatic heterocycles. The normalized spacial score (nSPS) is 24.3. The summed E-state index contributed by atoms with van der Waals surface area (Å²) in [5.41, 5.74) is 1.35. The van der Waals surface area contributed by atoms with Crippen LogP contribution in [0.25, 0.3) is 11.1 Å². The highest BCUT2D eigenvalue weighted by atomic mass is 16.4. The number of hydrogen-bond acceptors (Lipinski definition) is 5. The molecule has 102 valence electrons. The van der Waals surface area contributed by atoms with Crippen LogP contribution >= 0.6 is 0 Å². The number of fused-ring (bicyclic) bond motifs is 1. The van der Waals surface area contributed by atoms with E-state index in [1.54, 1.807) is 10.6 Å². The Morgan fingerprint density at radius 3 is 2.58 bits per heavy atom. The van der Waals surface area contributed by atoms with Crippen LogP contribution in [0.1, 0.15) is 0 Å². The molecule has 1 aliphatic heterocycles. The molecule has 2 aromatic rings. The predicted octanol–water partition coefficient (Wildman–Crippen LogP) is -0.368. The Kier molecular flexibility index (Phi) is 3.14. The average Bonchev–Trinajstić information content (AvgIpc) is 2.87. The van der Waals surface area contributed by atoms with Crippen molar-refractivity contribution >= 4 is 11.1 Å². The van der Waals surface area contributed by atoms with Crippen LogP contribution in [0.3, 0.4) is 0 Å². The molecular weight excluding hydrogens is 248 g/mol. The van der Waals surface area contributed by atoms with E-state index < -0.39 is 12.2 Å². The van der Waals surface area contributed by atoms with E-state index in [9.17, 15) is 15.0 Å². The zero-order valence-corrected chi connectivity index (χ0v) is 10.4. The van der Waals surface area contributed by atoms with Crippen molar-refractivity contribution < 1.29 is 14.6 Å². The average molecular weight is 264 g/mol. The van der Waals surface area contributed by atoms with Crippen molar-refractivity contribution in [2.75, 3.05) is 19.6 Å². The smallest absolute Gasteiger partial charge is 0.408 e. The van der Waals surface area contributed by atoms with Gasteiger partial charge in [-0.3, -0.25) is 9.47 Å². The Hall–Kier alpha value is -1.63. The van der Waals surface area contributed by atoms with Crippen molar-refractivity contribution in [3.8, 4) is 0 Å². The molecule has 3 rings (SSSR count). The third kappa shape index (κ3) is 2.30. The lowest BCUT2D eigenvalue weighted by molar-refractivity contribution is 0.0572. The second-order valence-electron chi connectivity index (χ2n) is 4.88. The van der Waals surface area contributed by atoms with Crippen LogP contribution in [-0.2, 0) is 6.54 Å². The first-order valence-corrected chi connectivity index (χ1v) is 6.32. The van der Waals surface area contributed by atoms with E-state index in [1.807, 2.05) is 23.1 Å². The third-order valence-corrected chi connectivity index (χ3v) is 3.55. The number of aliphatic hydroxyl groups is 2. The van der Waals surface area contributed by atoms with E-state index in [0.717, 1.165) is 5.52 Å². The lowest BCUT2D eigenvalue weighted by Gasteiger charge is -2.14. The van der Waals surface area contributed by atoms with Gasteiger partial charge in [-0.1, -0.05) is 12.1 Å². The summed E-state index contributed by atoms with van der Waals surface area (Å²) in [4.78, 5) is 13.7. The first-order valence-electron chi connectivity index (χ1n) is 6.32. The molecule has 1 saturated heterocycles. The van der Waals surface area contributed by atoms with Gasteiger partial charge in [0, 0.05) is 26.2 Å². The summed E-state index contributed by atoms with van der Waals surface area (Å²) >= 11 is 0.